The van der Waals surface area contributed by atoms with E-state index in [0.717, 1.165) is 34.5 Å². The molecule has 2 nitrogen and oxygen atoms in total. The Morgan fingerprint density at radius 3 is 2.10 bits per heavy atom. The Morgan fingerprint density at radius 2 is 1.34 bits per heavy atom. The highest BCUT2D eigenvalue weighted by molar-refractivity contribution is 5.77. The van der Waals surface area contributed by atoms with Crippen LogP contribution in [0.5, 0.6) is 5.75 Å². The summed E-state index contributed by atoms with van der Waals surface area (Å²) in [7, 11) is 0. The van der Waals surface area contributed by atoms with Crippen molar-refractivity contribution < 1.29 is 5.11 Å². The number of aromatic hydroxyl groups is 1. The molecule has 0 bridgehead atoms. The summed E-state index contributed by atoms with van der Waals surface area (Å²) in [5.41, 5.74) is 10.6. The van der Waals surface area contributed by atoms with Gasteiger partial charge in [0.25, 0.3) is 0 Å². The third kappa shape index (κ3) is 3.54. The standard InChI is InChI=1S/C27H23NO/c1-18-4-2-7-22(14-18)26-16-24(20-10-12-25(29)13-11-20)17-27(28-26)23-9-8-19-5-3-6-21(19)15-23/h2,4,7-17,29H,3,5-6H2,1H3. The van der Waals surface area contributed by atoms with Gasteiger partial charge in [-0.25, -0.2) is 4.98 Å². The highest BCUT2D eigenvalue weighted by Crippen LogP contribution is 2.33. The number of phenolic OH excluding ortho intramolecular Hbond substituents is 1. The fourth-order valence-corrected chi connectivity index (χ4v) is 4.18. The van der Waals surface area contributed by atoms with E-state index in [-0.39, 0.29) is 5.75 Å². The summed E-state index contributed by atoms with van der Waals surface area (Å²) in [5, 5.41) is 9.68. The van der Waals surface area contributed by atoms with Gasteiger partial charge in [0.2, 0.25) is 0 Å². The molecule has 0 amide bonds. The Kier molecular flexibility index (Phi) is 4.40. The maximum absolute atomic E-state index is 9.68. The van der Waals surface area contributed by atoms with Crippen LogP contribution in [0.25, 0.3) is 33.6 Å². The molecule has 1 aliphatic carbocycles. The minimum absolute atomic E-state index is 0.278. The normalized spacial score (nSPS) is 12.7. The van der Waals surface area contributed by atoms with Crippen molar-refractivity contribution in [1.82, 2.24) is 4.98 Å². The molecule has 29 heavy (non-hydrogen) atoms. The van der Waals surface area contributed by atoms with Crippen molar-refractivity contribution in [3.8, 4) is 39.4 Å². The van der Waals surface area contributed by atoms with Gasteiger partial charge in [-0.3, -0.25) is 0 Å². The number of fused-ring (bicyclic) bond motifs is 1. The molecule has 3 aromatic carbocycles. The molecule has 142 valence electrons. The average Bonchev–Trinajstić information content (AvgIpc) is 3.22. The molecule has 1 N–H and O–H groups in total. The molecule has 0 saturated carbocycles. The van der Waals surface area contributed by atoms with E-state index in [2.05, 4.69) is 61.5 Å². The summed E-state index contributed by atoms with van der Waals surface area (Å²) in [6.45, 7) is 2.11. The zero-order valence-corrected chi connectivity index (χ0v) is 16.5. The van der Waals surface area contributed by atoms with Gasteiger partial charge >= 0.3 is 0 Å². The van der Waals surface area contributed by atoms with Gasteiger partial charge in [0, 0.05) is 11.1 Å². The van der Waals surface area contributed by atoms with Gasteiger partial charge in [0.1, 0.15) is 5.75 Å². The number of rotatable bonds is 3. The fraction of sp³-hybridized carbons (Fsp3) is 0.148. The lowest BCUT2D eigenvalue weighted by Crippen LogP contribution is -1.93. The minimum Gasteiger partial charge on any atom is -0.508 e. The third-order valence-corrected chi connectivity index (χ3v) is 5.73. The Balaban J connectivity index is 1.68. The van der Waals surface area contributed by atoms with Gasteiger partial charge in [-0.05, 0) is 84.8 Å². The molecule has 1 aliphatic rings. The molecule has 2 heteroatoms. The number of aromatic nitrogens is 1. The van der Waals surface area contributed by atoms with Crippen LogP contribution in [0.3, 0.4) is 0 Å². The van der Waals surface area contributed by atoms with Crippen molar-refractivity contribution in [3.63, 3.8) is 0 Å². The molecule has 5 rings (SSSR count). The number of hydrogen-bond acceptors (Lipinski definition) is 2. The first-order valence-corrected chi connectivity index (χ1v) is 10.2. The van der Waals surface area contributed by atoms with E-state index < -0.39 is 0 Å². The maximum atomic E-state index is 9.68. The van der Waals surface area contributed by atoms with E-state index in [1.807, 2.05) is 12.1 Å². The van der Waals surface area contributed by atoms with E-state index in [1.54, 1.807) is 12.1 Å². The summed E-state index contributed by atoms with van der Waals surface area (Å²) in [4.78, 5) is 5.03. The highest BCUT2D eigenvalue weighted by Gasteiger charge is 2.14. The molecule has 0 atom stereocenters. The molecular weight excluding hydrogens is 354 g/mol. The minimum atomic E-state index is 0.278. The van der Waals surface area contributed by atoms with Crippen molar-refractivity contribution in [3.05, 3.63) is 95.6 Å². The lowest BCUT2D eigenvalue weighted by molar-refractivity contribution is 0.475. The van der Waals surface area contributed by atoms with Gasteiger partial charge in [0.15, 0.2) is 0 Å². The van der Waals surface area contributed by atoms with E-state index in [0.29, 0.717) is 0 Å². The highest BCUT2D eigenvalue weighted by atomic mass is 16.3. The SMILES string of the molecule is Cc1cccc(-c2cc(-c3ccc(O)cc3)cc(-c3ccc4c(c3)CCC4)n2)c1. The lowest BCUT2D eigenvalue weighted by atomic mass is 9.98. The molecule has 0 spiro atoms. The molecular formula is C27H23NO. The summed E-state index contributed by atoms with van der Waals surface area (Å²) < 4.78 is 0. The largest absolute Gasteiger partial charge is 0.508 e. The van der Waals surface area contributed by atoms with Crippen molar-refractivity contribution in [2.24, 2.45) is 0 Å². The Hall–Kier alpha value is -3.39. The second kappa shape index (κ2) is 7.21. The zero-order chi connectivity index (χ0) is 19.8. The van der Waals surface area contributed by atoms with Crippen LogP contribution in [0.15, 0.2) is 78.9 Å². The van der Waals surface area contributed by atoms with Gasteiger partial charge in [-0.15, -0.1) is 0 Å². The van der Waals surface area contributed by atoms with Crippen molar-refractivity contribution in [1.29, 1.82) is 0 Å². The monoisotopic (exact) mass is 377 g/mol. The van der Waals surface area contributed by atoms with Crippen LogP contribution < -0.4 is 0 Å². The van der Waals surface area contributed by atoms with E-state index in [1.165, 1.54) is 35.1 Å². The van der Waals surface area contributed by atoms with Gasteiger partial charge in [-0.1, -0.05) is 48.0 Å². The zero-order valence-electron chi connectivity index (χ0n) is 16.5. The number of nitrogens with zero attached hydrogens (tertiary/aromatic N) is 1. The van der Waals surface area contributed by atoms with Crippen LogP contribution in [-0.4, -0.2) is 10.1 Å². The topological polar surface area (TPSA) is 33.1 Å². The molecule has 0 radical (unpaired) electrons. The number of phenols is 1. The Labute approximate surface area is 171 Å². The predicted octanol–water partition coefficient (Wildman–Crippen LogP) is 6.59. The summed E-state index contributed by atoms with van der Waals surface area (Å²) in [6.07, 6.45) is 3.59. The summed E-state index contributed by atoms with van der Waals surface area (Å²) in [6, 6.07) is 26.9. The lowest BCUT2D eigenvalue weighted by Gasteiger charge is -2.12. The van der Waals surface area contributed by atoms with Crippen LogP contribution in [0.1, 0.15) is 23.1 Å². The van der Waals surface area contributed by atoms with Crippen LogP contribution in [0.4, 0.5) is 0 Å². The second-order valence-corrected chi connectivity index (χ2v) is 7.88. The first kappa shape index (κ1) is 17.7. The first-order valence-electron chi connectivity index (χ1n) is 10.2. The smallest absolute Gasteiger partial charge is 0.115 e. The van der Waals surface area contributed by atoms with Crippen molar-refractivity contribution >= 4 is 0 Å². The van der Waals surface area contributed by atoms with Crippen molar-refractivity contribution in [2.75, 3.05) is 0 Å². The Morgan fingerprint density at radius 1 is 0.655 bits per heavy atom. The molecule has 0 unspecified atom stereocenters. The molecule has 1 aromatic heterocycles. The van der Waals surface area contributed by atoms with Crippen LogP contribution in [0.2, 0.25) is 0 Å². The predicted molar refractivity (Wildman–Crippen MR) is 119 cm³/mol. The molecule has 4 aromatic rings. The molecule has 0 fully saturated rings. The van der Waals surface area contributed by atoms with Crippen LogP contribution in [-0.2, 0) is 12.8 Å². The van der Waals surface area contributed by atoms with Gasteiger partial charge in [-0.2, -0.15) is 0 Å². The number of aryl methyl sites for hydroxylation is 3. The fourth-order valence-electron chi connectivity index (χ4n) is 4.18. The number of hydrogen-bond donors (Lipinski definition) is 1. The van der Waals surface area contributed by atoms with Crippen molar-refractivity contribution in [2.45, 2.75) is 26.2 Å². The number of pyridine rings is 1. The average molecular weight is 377 g/mol. The van der Waals surface area contributed by atoms with Crippen LogP contribution >= 0.6 is 0 Å². The molecule has 1 heterocycles. The van der Waals surface area contributed by atoms with E-state index in [4.69, 9.17) is 4.98 Å². The summed E-state index contributed by atoms with van der Waals surface area (Å²) >= 11 is 0. The maximum Gasteiger partial charge on any atom is 0.115 e. The van der Waals surface area contributed by atoms with E-state index in [9.17, 15) is 5.11 Å². The first-order chi connectivity index (χ1) is 14.2. The Bertz CT molecular complexity index is 1190. The quantitative estimate of drug-likeness (QED) is 0.437. The molecule has 0 aliphatic heterocycles. The number of benzene rings is 3. The van der Waals surface area contributed by atoms with Crippen LogP contribution in [0, 0.1) is 6.92 Å². The summed E-state index contributed by atoms with van der Waals surface area (Å²) in [5.74, 6) is 0.278. The molecule has 0 saturated heterocycles. The third-order valence-electron chi connectivity index (χ3n) is 5.73. The van der Waals surface area contributed by atoms with Gasteiger partial charge in [0.05, 0.1) is 11.4 Å². The van der Waals surface area contributed by atoms with E-state index >= 15 is 0 Å². The van der Waals surface area contributed by atoms with Gasteiger partial charge < -0.3 is 5.11 Å². The second-order valence-electron chi connectivity index (χ2n) is 7.88.